The molecule has 9 rings (SSSR count). The molecule has 0 radical (unpaired) electrons. The third-order valence-electron chi connectivity index (χ3n) is 11.9. The van der Waals surface area contributed by atoms with Crippen LogP contribution in [0.3, 0.4) is 0 Å². The predicted molar refractivity (Wildman–Crippen MR) is 210 cm³/mol. The van der Waals surface area contributed by atoms with Crippen LogP contribution in [0.4, 0.5) is 11.5 Å². The number of imide groups is 1. The van der Waals surface area contributed by atoms with Gasteiger partial charge >= 0.3 is 0 Å². The van der Waals surface area contributed by atoms with Gasteiger partial charge in [-0.1, -0.05) is 6.07 Å². The minimum absolute atomic E-state index is 0.190. The molecule has 14 nitrogen and oxygen atoms in total. The fourth-order valence-electron chi connectivity index (χ4n) is 8.94. The van der Waals surface area contributed by atoms with Crippen LogP contribution in [0.25, 0.3) is 27.5 Å². The molecule has 2 aromatic carbocycles. The zero-order chi connectivity index (χ0) is 37.6. The third-order valence-corrected chi connectivity index (χ3v) is 11.9. The van der Waals surface area contributed by atoms with Crippen molar-refractivity contribution in [2.75, 3.05) is 50.1 Å². The van der Waals surface area contributed by atoms with Crippen LogP contribution in [0.1, 0.15) is 73.0 Å². The summed E-state index contributed by atoms with van der Waals surface area (Å²) in [6, 6.07) is 13.7. The first kappa shape index (κ1) is 35.0. The molecule has 1 saturated carbocycles. The first-order valence-corrected chi connectivity index (χ1v) is 19.4. The van der Waals surface area contributed by atoms with Crippen LogP contribution < -0.4 is 20.3 Å². The van der Waals surface area contributed by atoms with E-state index in [1.54, 1.807) is 30.1 Å². The van der Waals surface area contributed by atoms with Crippen LogP contribution in [-0.2, 0) is 9.59 Å². The van der Waals surface area contributed by atoms with Crippen molar-refractivity contribution in [3.05, 3.63) is 78.4 Å². The molecule has 55 heavy (non-hydrogen) atoms. The minimum Gasteiger partial charge on any atom is -0.496 e. The predicted octanol–water partition coefficient (Wildman–Crippen LogP) is 5.52. The molecule has 1 aliphatic carbocycles. The molecule has 2 saturated heterocycles. The molecule has 4 aromatic heterocycles. The molecule has 1 atom stereocenters. The third kappa shape index (κ3) is 6.68. The standard InChI is InChI=1S/C41H46N10O4/c1-26-24-49(34-12-13-38(52)45-41(34)54)33-6-3-5-32(39(26)33)48-19-17-47(18-20-48)16-14-27-8-10-29(11-9-27)50-25-28-21-30(35(55-2)22-31(28)46-50)40(53)44-37-23-42-36-7-4-15-43-51(36)37/h3-7,15,21-25,27,29,34H,8-14,16-20H2,1-2H3,(H,44,53)(H,45,52,54). The minimum atomic E-state index is -0.360. The Morgan fingerprint density at radius 3 is 2.64 bits per heavy atom. The van der Waals surface area contributed by atoms with Gasteiger partial charge in [-0.25, -0.2) is 4.98 Å². The second-order valence-electron chi connectivity index (χ2n) is 15.3. The van der Waals surface area contributed by atoms with Gasteiger partial charge in [-0.3, -0.25) is 29.3 Å². The maximum atomic E-state index is 13.4. The molecular weight excluding hydrogens is 697 g/mol. The lowest BCUT2D eigenvalue weighted by molar-refractivity contribution is -0.135. The number of hydrogen-bond donors (Lipinski definition) is 2. The highest BCUT2D eigenvalue weighted by Gasteiger charge is 2.31. The average Bonchev–Trinajstić information content (AvgIpc) is 3.92. The zero-order valence-electron chi connectivity index (χ0n) is 31.3. The Balaban J connectivity index is 0.785. The highest BCUT2D eigenvalue weighted by Crippen LogP contribution is 2.37. The summed E-state index contributed by atoms with van der Waals surface area (Å²) in [7, 11) is 1.57. The van der Waals surface area contributed by atoms with Crippen molar-refractivity contribution in [3.8, 4) is 5.75 Å². The summed E-state index contributed by atoms with van der Waals surface area (Å²) < 4.78 is 11.4. The molecule has 284 valence electrons. The number of nitrogens with zero attached hydrogens (tertiary/aromatic N) is 8. The number of anilines is 2. The van der Waals surface area contributed by atoms with Crippen molar-refractivity contribution in [1.29, 1.82) is 0 Å². The summed E-state index contributed by atoms with van der Waals surface area (Å²) in [5, 5.41) is 16.8. The topological polar surface area (TPSA) is 144 Å². The van der Waals surface area contributed by atoms with Gasteiger partial charge < -0.3 is 19.5 Å². The second-order valence-corrected chi connectivity index (χ2v) is 15.3. The number of imidazole rings is 1. The van der Waals surface area contributed by atoms with Crippen molar-refractivity contribution in [2.24, 2.45) is 5.92 Å². The Bertz CT molecular complexity index is 2410. The van der Waals surface area contributed by atoms with E-state index in [0.717, 1.165) is 67.5 Å². The van der Waals surface area contributed by atoms with Gasteiger partial charge in [0.05, 0.1) is 35.9 Å². The second kappa shape index (κ2) is 14.5. The van der Waals surface area contributed by atoms with Gasteiger partial charge in [0.15, 0.2) is 11.5 Å². The van der Waals surface area contributed by atoms with E-state index in [0.29, 0.717) is 47.6 Å². The lowest BCUT2D eigenvalue weighted by Crippen LogP contribution is -2.47. The monoisotopic (exact) mass is 742 g/mol. The Morgan fingerprint density at radius 1 is 1.00 bits per heavy atom. The molecule has 3 aliphatic rings. The molecular formula is C41H46N10O4. The van der Waals surface area contributed by atoms with E-state index in [9.17, 15) is 14.4 Å². The Labute approximate surface area is 318 Å². The molecule has 14 heteroatoms. The summed E-state index contributed by atoms with van der Waals surface area (Å²) in [5.74, 6) is 0.958. The maximum Gasteiger partial charge on any atom is 0.260 e. The average molecular weight is 743 g/mol. The van der Waals surface area contributed by atoms with Crippen LogP contribution in [0.15, 0.2) is 67.3 Å². The van der Waals surface area contributed by atoms with Gasteiger partial charge in [0.1, 0.15) is 11.8 Å². The number of carbonyl (C=O) groups excluding carboxylic acids is 3. The number of piperidine rings is 1. The summed E-state index contributed by atoms with van der Waals surface area (Å²) >= 11 is 0. The summed E-state index contributed by atoms with van der Waals surface area (Å²) in [4.78, 5) is 47.3. The van der Waals surface area contributed by atoms with E-state index in [4.69, 9.17) is 9.84 Å². The number of rotatable bonds is 9. The molecule has 0 bridgehead atoms. The number of benzene rings is 2. The van der Waals surface area contributed by atoms with E-state index in [1.807, 2.05) is 18.2 Å². The molecule has 2 N–H and O–H groups in total. The Hall–Kier alpha value is -5.76. The molecule has 3 amide bonds. The summed E-state index contributed by atoms with van der Waals surface area (Å²) in [6.07, 6.45) is 14.0. The van der Waals surface area contributed by atoms with Crippen LogP contribution in [0.5, 0.6) is 5.75 Å². The SMILES string of the molecule is COc1cc2nn(C3CCC(CCN4CCN(c5cccc6c5c(C)cn6C5CCC(=O)NC5=O)CC4)CC3)cc2cc1C(=O)Nc1cnc2cccnn12. The number of aryl methyl sites for hydroxylation is 1. The van der Waals surface area contributed by atoms with E-state index in [-0.39, 0.29) is 23.8 Å². The quantitative estimate of drug-likeness (QED) is 0.183. The highest BCUT2D eigenvalue weighted by molar-refractivity contribution is 6.08. The van der Waals surface area contributed by atoms with Gasteiger partial charge in [-0.15, -0.1) is 0 Å². The van der Waals surface area contributed by atoms with E-state index in [2.05, 4.69) is 77.3 Å². The number of amides is 3. The van der Waals surface area contributed by atoms with E-state index < -0.39 is 0 Å². The Morgan fingerprint density at radius 2 is 1.84 bits per heavy atom. The maximum absolute atomic E-state index is 13.4. The van der Waals surface area contributed by atoms with Crippen LogP contribution in [-0.4, -0.2) is 91.4 Å². The van der Waals surface area contributed by atoms with Crippen molar-refractivity contribution in [2.45, 2.75) is 64.0 Å². The van der Waals surface area contributed by atoms with Crippen LogP contribution in [0.2, 0.25) is 0 Å². The molecule has 6 aromatic rings. The fourth-order valence-corrected chi connectivity index (χ4v) is 8.94. The van der Waals surface area contributed by atoms with E-state index in [1.165, 1.54) is 30.3 Å². The molecule has 3 fully saturated rings. The molecule has 0 spiro atoms. The summed E-state index contributed by atoms with van der Waals surface area (Å²) in [6.45, 7) is 7.21. The first-order valence-electron chi connectivity index (χ1n) is 19.4. The Kier molecular flexibility index (Phi) is 9.20. The number of fused-ring (bicyclic) bond motifs is 3. The number of carbonyl (C=O) groups is 3. The summed E-state index contributed by atoms with van der Waals surface area (Å²) in [5.41, 5.74) is 5.32. The number of nitrogens with one attached hydrogen (secondary N) is 2. The normalized spacial score (nSPS) is 21.1. The van der Waals surface area contributed by atoms with Crippen molar-refractivity contribution in [3.63, 3.8) is 0 Å². The smallest absolute Gasteiger partial charge is 0.260 e. The number of aromatic nitrogens is 6. The number of piperazine rings is 1. The number of ether oxygens (including phenoxy) is 1. The fraction of sp³-hybridized carbons (Fsp3) is 0.415. The van der Waals surface area contributed by atoms with Crippen LogP contribution in [0, 0.1) is 12.8 Å². The van der Waals surface area contributed by atoms with Crippen LogP contribution >= 0.6 is 0 Å². The zero-order valence-corrected chi connectivity index (χ0v) is 31.3. The number of methoxy groups -OCH3 is 1. The van der Waals surface area contributed by atoms with Gasteiger partial charge in [0.25, 0.3) is 5.91 Å². The lowest BCUT2D eigenvalue weighted by Gasteiger charge is -2.37. The molecule has 2 aliphatic heterocycles. The van der Waals surface area contributed by atoms with Crippen molar-refractivity contribution >= 4 is 56.7 Å². The van der Waals surface area contributed by atoms with Gasteiger partial charge in [-0.05, 0) is 93.8 Å². The molecule has 6 heterocycles. The van der Waals surface area contributed by atoms with Gasteiger partial charge in [0.2, 0.25) is 11.8 Å². The van der Waals surface area contributed by atoms with Gasteiger partial charge in [0, 0.05) is 73.7 Å². The first-order chi connectivity index (χ1) is 26.8. The molecule has 1 unspecified atom stereocenters. The number of hydrogen-bond acceptors (Lipinski definition) is 9. The largest absolute Gasteiger partial charge is 0.496 e. The van der Waals surface area contributed by atoms with Gasteiger partial charge in [-0.2, -0.15) is 14.7 Å². The van der Waals surface area contributed by atoms with E-state index >= 15 is 0 Å². The van der Waals surface area contributed by atoms with Crippen molar-refractivity contribution < 1.29 is 19.1 Å². The van der Waals surface area contributed by atoms with Crippen molar-refractivity contribution in [1.82, 2.24) is 39.2 Å². The lowest BCUT2D eigenvalue weighted by atomic mass is 9.84. The highest BCUT2D eigenvalue weighted by atomic mass is 16.5.